The van der Waals surface area contributed by atoms with Gasteiger partial charge in [-0.3, -0.25) is 4.79 Å². The number of hydrogen-bond donors (Lipinski definition) is 2. The van der Waals surface area contributed by atoms with Crippen molar-refractivity contribution in [3.05, 3.63) is 28.8 Å². The molecular weight excluding hydrogens is 271 g/mol. The molecule has 1 aromatic carbocycles. The minimum atomic E-state index is -0.0675. The average molecular weight is 289 g/mol. The third kappa shape index (κ3) is 3.61. The first-order valence-electron chi connectivity index (χ1n) is 5.98. The molecule has 1 unspecified atom stereocenters. The van der Waals surface area contributed by atoms with E-state index in [1.807, 2.05) is 25.1 Å². The zero-order chi connectivity index (χ0) is 12.3. The number of anilines is 1. The van der Waals surface area contributed by atoms with Crippen LogP contribution in [0.2, 0.25) is 5.02 Å². The molecular formula is C13H18Cl2N2O. The summed E-state index contributed by atoms with van der Waals surface area (Å²) in [5, 5.41) is 6.84. The molecule has 1 aromatic rings. The Labute approximate surface area is 119 Å². The van der Waals surface area contributed by atoms with Crippen LogP contribution in [-0.2, 0) is 4.79 Å². The number of carbonyl (C=O) groups excluding carboxylic acids is 1. The quantitative estimate of drug-likeness (QED) is 0.878. The largest absolute Gasteiger partial charge is 0.324 e. The summed E-state index contributed by atoms with van der Waals surface area (Å²) in [5.41, 5.74) is 1.72. The van der Waals surface area contributed by atoms with Gasteiger partial charge in [0.15, 0.2) is 0 Å². The van der Waals surface area contributed by atoms with Gasteiger partial charge in [-0.2, -0.15) is 0 Å². The lowest BCUT2D eigenvalue weighted by molar-refractivity contribution is -0.118. The van der Waals surface area contributed by atoms with Crippen LogP contribution in [0.1, 0.15) is 24.8 Å². The highest BCUT2D eigenvalue weighted by Gasteiger charge is 2.20. The molecule has 3 nitrogen and oxygen atoms in total. The lowest BCUT2D eigenvalue weighted by Gasteiger charge is -2.23. The smallest absolute Gasteiger partial charge is 0.241 e. The van der Waals surface area contributed by atoms with Crippen molar-refractivity contribution < 1.29 is 4.79 Å². The molecule has 1 aliphatic rings. The summed E-state index contributed by atoms with van der Waals surface area (Å²) < 4.78 is 0. The summed E-state index contributed by atoms with van der Waals surface area (Å²) in [6.45, 7) is 2.83. The molecule has 0 bridgehead atoms. The van der Waals surface area contributed by atoms with Gasteiger partial charge in [0.2, 0.25) is 5.91 Å². The van der Waals surface area contributed by atoms with Crippen LogP contribution in [0.4, 0.5) is 5.69 Å². The first-order chi connectivity index (χ1) is 8.18. The fourth-order valence-electron chi connectivity index (χ4n) is 2.04. The highest BCUT2D eigenvalue weighted by atomic mass is 35.5. The van der Waals surface area contributed by atoms with E-state index < -0.39 is 0 Å². The number of nitrogens with one attached hydrogen (secondary N) is 2. The topological polar surface area (TPSA) is 41.1 Å². The van der Waals surface area contributed by atoms with Gasteiger partial charge in [0, 0.05) is 10.7 Å². The molecule has 1 atom stereocenters. The van der Waals surface area contributed by atoms with Gasteiger partial charge in [0.1, 0.15) is 0 Å². The van der Waals surface area contributed by atoms with Crippen LogP contribution in [0.15, 0.2) is 18.2 Å². The maximum absolute atomic E-state index is 12.0. The molecule has 5 heteroatoms. The highest BCUT2D eigenvalue weighted by Crippen LogP contribution is 2.23. The van der Waals surface area contributed by atoms with Crippen LogP contribution >= 0.6 is 24.0 Å². The van der Waals surface area contributed by atoms with Gasteiger partial charge in [-0.25, -0.2) is 0 Å². The summed E-state index contributed by atoms with van der Waals surface area (Å²) in [7, 11) is 0. The predicted molar refractivity (Wildman–Crippen MR) is 77.7 cm³/mol. The van der Waals surface area contributed by atoms with Gasteiger partial charge in [0.05, 0.1) is 6.04 Å². The maximum Gasteiger partial charge on any atom is 0.241 e. The number of amides is 1. The van der Waals surface area contributed by atoms with E-state index in [2.05, 4.69) is 10.6 Å². The summed E-state index contributed by atoms with van der Waals surface area (Å²) >= 11 is 6.02. The van der Waals surface area contributed by atoms with E-state index in [9.17, 15) is 4.79 Å². The summed E-state index contributed by atoms with van der Waals surface area (Å²) in [6.07, 6.45) is 3.17. The molecule has 0 radical (unpaired) electrons. The summed E-state index contributed by atoms with van der Waals surface area (Å²) in [4.78, 5) is 12.0. The number of carbonyl (C=O) groups is 1. The summed E-state index contributed by atoms with van der Waals surface area (Å²) in [6, 6.07) is 5.48. The molecule has 100 valence electrons. The van der Waals surface area contributed by atoms with E-state index in [0.29, 0.717) is 5.02 Å². The number of hydrogen-bond acceptors (Lipinski definition) is 2. The van der Waals surface area contributed by atoms with Crippen molar-refractivity contribution >= 4 is 35.6 Å². The molecule has 0 saturated carbocycles. The number of rotatable bonds is 2. The van der Waals surface area contributed by atoms with Crippen molar-refractivity contribution in [2.24, 2.45) is 0 Å². The summed E-state index contributed by atoms with van der Waals surface area (Å²) in [5.74, 6) is 0.0371. The van der Waals surface area contributed by atoms with E-state index in [1.54, 1.807) is 0 Å². The van der Waals surface area contributed by atoms with Gasteiger partial charge in [-0.1, -0.05) is 24.1 Å². The lowest BCUT2D eigenvalue weighted by Crippen LogP contribution is -2.43. The minimum Gasteiger partial charge on any atom is -0.324 e. The fourth-order valence-corrected chi connectivity index (χ4v) is 2.21. The first kappa shape index (κ1) is 15.3. The van der Waals surface area contributed by atoms with Crippen molar-refractivity contribution in [3.8, 4) is 0 Å². The molecule has 0 spiro atoms. The molecule has 2 N–H and O–H groups in total. The zero-order valence-electron chi connectivity index (χ0n) is 10.3. The van der Waals surface area contributed by atoms with Crippen molar-refractivity contribution in [3.63, 3.8) is 0 Å². The van der Waals surface area contributed by atoms with E-state index in [-0.39, 0.29) is 24.4 Å². The molecule has 1 aliphatic heterocycles. The molecule has 0 aliphatic carbocycles. The standard InChI is InChI=1S/C13H17ClN2O.ClH/c1-9-10(14)5-4-7-11(9)16-13(17)12-6-2-3-8-15-12;/h4-5,7,12,15H,2-3,6,8H2,1H3,(H,16,17);1H. The fraction of sp³-hybridized carbons (Fsp3) is 0.462. The van der Waals surface area contributed by atoms with E-state index in [4.69, 9.17) is 11.6 Å². The van der Waals surface area contributed by atoms with Crippen LogP contribution in [0, 0.1) is 6.92 Å². The van der Waals surface area contributed by atoms with Crippen LogP contribution in [0.5, 0.6) is 0 Å². The van der Waals surface area contributed by atoms with Crippen LogP contribution in [-0.4, -0.2) is 18.5 Å². The molecule has 0 aromatic heterocycles. The Hall–Kier alpha value is -0.770. The third-order valence-electron chi connectivity index (χ3n) is 3.15. The van der Waals surface area contributed by atoms with Crippen LogP contribution in [0.3, 0.4) is 0 Å². The van der Waals surface area contributed by atoms with Gasteiger partial charge < -0.3 is 10.6 Å². The second-order valence-electron chi connectivity index (χ2n) is 4.40. The average Bonchev–Trinajstić information content (AvgIpc) is 2.36. The van der Waals surface area contributed by atoms with Crippen LogP contribution < -0.4 is 10.6 Å². The first-order valence-corrected chi connectivity index (χ1v) is 6.35. The molecule has 18 heavy (non-hydrogen) atoms. The molecule has 1 fully saturated rings. The predicted octanol–water partition coefficient (Wildman–Crippen LogP) is 3.15. The third-order valence-corrected chi connectivity index (χ3v) is 3.56. The van der Waals surface area contributed by atoms with Gasteiger partial charge in [0.25, 0.3) is 0 Å². The second-order valence-corrected chi connectivity index (χ2v) is 4.81. The van der Waals surface area contributed by atoms with Gasteiger partial charge >= 0.3 is 0 Å². The molecule has 1 heterocycles. The van der Waals surface area contributed by atoms with Gasteiger partial charge in [-0.15, -0.1) is 12.4 Å². The molecule has 1 amide bonds. The van der Waals surface area contributed by atoms with Crippen LogP contribution in [0.25, 0.3) is 0 Å². The normalized spacial score (nSPS) is 18.9. The zero-order valence-corrected chi connectivity index (χ0v) is 11.9. The van der Waals surface area contributed by atoms with Gasteiger partial charge in [-0.05, 0) is 44.0 Å². The molecule has 2 rings (SSSR count). The van der Waals surface area contributed by atoms with Crippen molar-refractivity contribution in [2.45, 2.75) is 32.2 Å². The van der Waals surface area contributed by atoms with Crippen molar-refractivity contribution in [2.75, 3.05) is 11.9 Å². The second kappa shape index (κ2) is 6.98. The minimum absolute atomic E-state index is 0. The Balaban J connectivity index is 0.00000162. The monoisotopic (exact) mass is 288 g/mol. The number of piperidine rings is 1. The van der Waals surface area contributed by atoms with Crippen molar-refractivity contribution in [1.82, 2.24) is 5.32 Å². The van der Waals surface area contributed by atoms with E-state index in [1.165, 1.54) is 0 Å². The van der Waals surface area contributed by atoms with E-state index in [0.717, 1.165) is 37.1 Å². The highest BCUT2D eigenvalue weighted by molar-refractivity contribution is 6.31. The molecule has 1 saturated heterocycles. The number of benzene rings is 1. The lowest BCUT2D eigenvalue weighted by atomic mass is 10.0. The Bertz CT molecular complexity index is 417. The van der Waals surface area contributed by atoms with Crippen molar-refractivity contribution in [1.29, 1.82) is 0 Å². The Morgan fingerprint density at radius 2 is 2.22 bits per heavy atom. The Morgan fingerprint density at radius 3 is 2.89 bits per heavy atom. The van der Waals surface area contributed by atoms with E-state index >= 15 is 0 Å². The maximum atomic E-state index is 12.0. The Kier molecular flexibility index (Phi) is 5.93. The Morgan fingerprint density at radius 1 is 1.44 bits per heavy atom. The number of halogens is 2. The SMILES string of the molecule is Cc1c(Cl)cccc1NC(=O)C1CCCCN1.Cl.